The number of fused-ring (bicyclic) bond motifs is 1. The molecule has 3 fully saturated rings. The van der Waals surface area contributed by atoms with E-state index in [4.69, 9.17) is 4.74 Å². The number of alkyl halides is 2. The standard InChI is InChI=1S/C11H17F2NO.2C2H6/c1-15-8-10-3-2-4-14(10)7-9(5-10)6-11(9,12)13;2*1-2/h2-8H2,1H3;2*1-2H3. The van der Waals surface area contributed by atoms with Crippen LogP contribution >= 0.6 is 0 Å². The largest absolute Gasteiger partial charge is 0.383 e. The van der Waals surface area contributed by atoms with E-state index in [1.54, 1.807) is 7.11 Å². The SMILES string of the molecule is CC.CC.COCC12CCCN1CC1(C2)CC1(F)F. The molecule has 0 bridgehead atoms. The Bertz CT molecular complexity index is 298. The number of hydrogen-bond acceptors (Lipinski definition) is 2. The van der Waals surface area contributed by atoms with E-state index >= 15 is 0 Å². The zero-order valence-corrected chi connectivity index (χ0v) is 13.1. The second kappa shape index (κ2) is 6.04. The van der Waals surface area contributed by atoms with Crippen LogP contribution in [-0.2, 0) is 4.74 Å². The highest BCUT2D eigenvalue weighted by Gasteiger charge is 2.76. The predicted molar refractivity (Wildman–Crippen MR) is 74.7 cm³/mol. The lowest BCUT2D eigenvalue weighted by Crippen LogP contribution is -2.42. The summed E-state index contributed by atoms with van der Waals surface area (Å²) in [6.45, 7) is 10.2. The highest BCUT2D eigenvalue weighted by atomic mass is 19.3. The molecule has 2 atom stereocenters. The second-order valence-electron chi connectivity index (χ2n) is 5.52. The number of hydrogen-bond donors (Lipinski definition) is 0. The lowest BCUT2D eigenvalue weighted by atomic mass is 9.89. The molecule has 0 N–H and O–H groups in total. The number of methoxy groups -OCH3 is 1. The first-order valence-electron chi connectivity index (χ1n) is 7.66. The Kier molecular flexibility index (Phi) is 5.35. The number of halogens is 2. The second-order valence-corrected chi connectivity index (χ2v) is 5.52. The van der Waals surface area contributed by atoms with Crippen molar-refractivity contribution in [1.82, 2.24) is 4.90 Å². The van der Waals surface area contributed by atoms with Gasteiger partial charge in [0.1, 0.15) is 0 Å². The van der Waals surface area contributed by atoms with Gasteiger partial charge in [-0.05, 0) is 25.8 Å². The number of rotatable bonds is 2. The summed E-state index contributed by atoms with van der Waals surface area (Å²) in [4.78, 5) is 2.25. The first-order valence-corrected chi connectivity index (χ1v) is 7.66. The van der Waals surface area contributed by atoms with Gasteiger partial charge in [0.2, 0.25) is 0 Å². The van der Waals surface area contributed by atoms with Crippen molar-refractivity contribution in [2.75, 3.05) is 26.8 Å². The van der Waals surface area contributed by atoms with Gasteiger partial charge >= 0.3 is 0 Å². The molecule has 0 radical (unpaired) electrons. The Hall–Kier alpha value is -0.220. The van der Waals surface area contributed by atoms with Crippen LogP contribution in [0.3, 0.4) is 0 Å². The van der Waals surface area contributed by atoms with Crippen LogP contribution in [0.15, 0.2) is 0 Å². The fraction of sp³-hybridized carbons (Fsp3) is 1.00. The summed E-state index contributed by atoms with van der Waals surface area (Å²) in [6, 6.07) is 0. The van der Waals surface area contributed by atoms with Gasteiger partial charge in [0.25, 0.3) is 5.92 Å². The maximum absolute atomic E-state index is 13.3. The van der Waals surface area contributed by atoms with Gasteiger partial charge in [0.05, 0.1) is 12.0 Å². The zero-order valence-electron chi connectivity index (χ0n) is 13.1. The van der Waals surface area contributed by atoms with Crippen molar-refractivity contribution in [3.63, 3.8) is 0 Å². The molecule has 3 aliphatic rings. The quantitative estimate of drug-likeness (QED) is 0.758. The molecule has 1 saturated carbocycles. The van der Waals surface area contributed by atoms with Crippen LogP contribution in [0.25, 0.3) is 0 Å². The van der Waals surface area contributed by atoms with Gasteiger partial charge in [-0.3, -0.25) is 4.90 Å². The molecule has 19 heavy (non-hydrogen) atoms. The van der Waals surface area contributed by atoms with Crippen molar-refractivity contribution in [2.24, 2.45) is 5.41 Å². The molecule has 0 aromatic carbocycles. The van der Waals surface area contributed by atoms with E-state index in [1.165, 1.54) is 0 Å². The average Bonchev–Trinajstić information content (AvgIpc) is 2.68. The Morgan fingerprint density at radius 3 is 2.16 bits per heavy atom. The number of nitrogens with zero attached hydrogens (tertiary/aromatic N) is 1. The van der Waals surface area contributed by atoms with Crippen molar-refractivity contribution in [3.8, 4) is 0 Å². The summed E-state index contributed by atoms with van der Waals surface area (Å²) in [7, 11) is 1.67. The summed E-state index contributed by atoms with van der Waals surface area (Å²) >= 11 is 0. The number of ether oxygens (including phenoxy) is 1. The molecular formula is C15H29F2NO. The van der Waals surface area contributed by atoms with E-state index in [9.17, 15) is 8.78 Å². The highest BCUT2D eigenvalue weighted by molar-refractivity contribution is 5.22. The third-order valence-electron chi connectivity index (χ3n) is 4.53. The fourth-order valence-corrected chi connectivity index (χ4v) is 3.72. The third-order valence-corrected chi connectivity index (χ3v) is 4.53. The zero-order chi connectivity index (χ0) is 14.7. The average molecular weight is 277 g/mol. The molecule has 1 spiro atoms. The minimum atomic E-state index is -2.40. The minimum Gasteiger partial charge on any atom is -0.383 e. The Balaban J connectivity index is 0.000000415. The molecule has 2 saturated heterocycles. The lowest BCUT2D eigenvalue weighted by molar-refractivity contribution is 0.0581. The molecule has 2 unspecified atom stereocenters. The molecule has 3 rings (SSSR count). The Morgan fingerprint density at radius 1 is 1.11 bits per heavy atom. The molecule has 4 heteroatoms. The lowest BCUT2D eigenvalue weighted by Gasteiger charge is -2.30. The summed E-state index contributed by atoms with van der Waals surface area (Å²) in [6.07, 6.45) is 2.90. The van der Waals surface area contributed by atoms with Crippen LogP contribution in [0.4, 0.5) is 8.78 Å². The molecule has 2 aliphatic heterocycles. The van der Waals surface area contributed by atoms with Gasteiger partial charge in [-0.15, -0.1) is 0 Å². The van der Waals surface area contributed by atoms with E-state index in [2.05, 4.69) is 4.90 Å². The van der Waals surface area contributed by atoms with Gasteiger partial charge in [0, 0.05) is 25.6 Å². The van der Waals surface area contributed by atoms with Crippen LogP contribution in [0.1, 0.15) is 53.4 Å². The van der Waals surface area contributed by atoms with E-state index in [-0.39, 0.29) is 12.0 Å². The van der Waals surface area contributed by atoms with Gasteiger partial charge in [0.15, 0.2) is 0 Å². The van der Waals surface area contributed by atoms with Crippen molar-refractivity contribution < 1.29 is 13.5 Å². The van der Waals surface area contributed by atoms with Crippen molar-refractivity contribution in [2.45, 2.75) is 64.8 Å². The topological polar surface area (TPSA) is 12.5 Å². The molecule has 2 nitrogen and oxygen atoms in total. The minimum absolute atomic E-state index is 0.0608. The highest BCUT2D eigenvalue weighted by Crippen LogP contribution is 2.69. The summed E-state index contributed by atoms with van der Waals surface area (Å²) in [5.74, 6) is -2.40. The van der Waals surface area contributed by atoms with Crippen LogP contribution < -0.4 is 0 Å². The molecule has 0 aromatic heterocycles. The third kappa shape index (κ3) is 2.66. The van der Waals surface area contributed by atoms with Crippen molar-refractivity contribution in [1.29, 1.82) is 0 Å². The van der Waals surface area contributed by atoms with E-state index in [0.29, 0.717) is 19.6 Å². The van der Waals surface area contributed by atoms with Gasteiger partial charge in [-0.2, -0.15) is 0 Å². The monoisotopic (exact) mass is 277 g/mol. The first kappa shape index (κ1) is 16.8. The molecule has 0 aromatic rings. The maximum atomic E-state index is 13.3. The van der Waals surface area contributed by atoms with E-state index in [1.807, 2.05) is 27.7 Å². The maximum Gasteiger partial charge on any atom is 0.255 e. The van der Waals surface area contributed by atoms with Gasteiger partial charge < -0.3 is 4.74 Å². The van der Waals surface area contributed by atoms with Gasteiger partial charge in [-0.25, -0.2) is 8.78 Å². The van der Waals surface area contributed by atoms with E-state index < -0.39 is 11.3 Å². The normalized spacial score (nSPS) is 38.1. The Morgan fingerprint density at radius 2 is 1.68 bits per heavy atom. The van der Waals surface area contributed by atoms with Crippen molar-refractivity contribution in [3.05, 3.63) is 0 Å². The van der Waals surface area contributed by atoms with Crippen molar-refractivity contribution >= 4 is 0 Å². The van der Waals surface area contributed by atoms with Crippen LogP contribution in [-0.4, -0.2) is 43.2 Å². The molecule has 114 valence electrons. The molecule has 0 amide bonds. The predicted octanol–water partition coefficient (Wildman–Crippen LogP) is 3.95. The van der Waals surface area contributed by atoms with E-state index in [0.717, 1.165) is 19.4 Å². The van der Waals surface area contributed by atoms with Crippen LogP contribution in [0.2, 0.25) is 0 Å². The summed E-state index contributed by atoms with van der Waals surface area (Å²) in [5, 5.41) is 0. The molecule has 1 aliphatic carbocycles. The summed E-state index contributed by atoms with van der Waals surface area (Å²) in [5.41, 5.74) is -0.749. The molecular weight excluding hydrogens is 248 g/mol. The first-order chi connectivity index (χ1) is 9.04. The smallest absolute Gasteiger partial charge is 0.255 e. The van der Waals surface area contributed by atoms with Gasteiger partial charge in [-0.1, -0.05) is 27.7 Å². The molecule has 2 heterocycles. The fourth-order valence-electron chi connectivity index (χ4n) is 3.72. The summed E-state index contributed by atoms with van der Waals surface area (Å²) < 4.78 is 31.9. The van der Waals surface area contributed by atoms with Crippen LogP contribution in [0.5, 0.6) is 0 Å². The Labute approximate surface area is 116 Å². The van der Waals surface area contributed by atoms with Crippen LogP contribution in [0, 0.1) is 5.41 Å².